The average molecular weight is 389 g/mol. The second-order valence-corrected chi connectivity index (χ2v) is 5.57. The van der Waals surface area contributed by atoms with E-state index in [1.807, 2.05) is 0 Å². The number of halogens is 2. The summed E-state index contributed by atoms with van der Waals surface area (Å²) in [4.78, 5) is 30.1. The van der Waals surface area contributed by atoms with Crippen LogP contribution in [0.3, 0.4) is 0 Å². The second-order valence-electron chi connectivity index (χ2n) is 5.16. The SMILES string of the molecule is O=C(Nc1cnc(Oc2ccccc2F)nc1)c1ccc([N+](=O)[O-])cc1Cl. The molecule has 27 heavy (non-hydrogen) atoms. The third-order valence-corrected chi connectivity index (χ3v) is 3.64. The zero-order chi connectivity index (χ0) is 19.4. The van der Waals surface area contributed by atoms with Crippen molar-refractivity contribution >= 4 is 28.9 Å². The van der Waals surface area contributed by atoms with Crippen LogP contribution in [0.2, 0.25) is 5.02 Å². The summed E-state index contributed by atoms with van der Waals surface area (Å²) in [5, 5.41) is 13.1. The highest BCUT2D eigenvalue weighted by Crippen LogP contribution is 2.24. The molecule has 10 heteroatoms. The Balaban J connectivity index is 1.70. The third-order valence-electron chi connectivity index (χ3n) is 3.33. The zero-order valence-corrected chi connectivity index (χ0v) is 14.2. The number of para-hydroxylation sites is 1. The van der Waals surface area contributed by atoms with Gasteiger partial charge in [0.05, 0.1) is 33.6 Å². The molecule has 0 fully saturated rings. The number of anilines is 1. The van der Waals surface area contributed by atoms with Gasteiger partial charge >= 0.3 is 6.01 Å². The quantitative estimate of drug-likeness (QED) is 0.518. The van der Waals surface area contributed by atoms with Crippen molar-refractivity contribution in [1.29, 1.82) is 0 Å². The highest BCUT2D eigenvalue weighted by atomic mass is 35.5. The molecular weight excluding hydrogens is 379 g/mol. The number of hydrogen-bond donors (Lipinski definition) is 1. The molecule has 0 saturated heterocycles. The maximum absolute atomic E-state index is 13.5. The zero-order valence-electron chi connectivity index (χ0n) is 13.4. The van der Waals surface area contributed by atoms with Crippen molar-refractivity contribution < 1.29 is 18.8 Å². The first-order chi connectivity index (χ1) is 12.9. The van der Waals surface area contributed by atoms with Crippen LogP contribution < -0.4 is 10.1 Å². The molecular formula is C17H10ClFN4O4. The van der Waals surface area contributed by atoms with Gasteiger partial charge in [0, 0.05) is 12.1 Å². The van der Waals surface area contributed by atoms with Gasteiger partial charge < -0.3 is 10.1 Å². The van der Waals surface area contributed by atoms with Gasteiger partial charge in [-0.05, 0) is 18.2 Å². The van der Waals surface area contributed by atoms with Crippen LogP contribution in [0.15, 0.2) is 54.9 Å². The normalized spacial score (nSPS) is 10.3. The van der Waals surface area contributed by atoms with Crippen molar-refractivity contribution in [2.75, 3.05) is 5.32 Å². The summed E-state index contributed by atoms with van der Waals surface area (Å²) in [6.07, 6.45) is 2.53. The van der Waals surface area contributed by atoms with E-state index in [9.17, 15) is 19.3 Å². The lowest BCUT2D eigenvalue weighted by molar-refractivity contribution is -0.384. The lowest BCUT2D eigenvalue weighted by Crippen LogP contribution is -2.13. The molecule has 1 aromatic heterocycles. The van der Waals surface area contributed by atoms with Crippen molar-refractivity contribution in [3.8, 4) is 11.8 Å². The van der Waals surface area contributed by atoms with E-state index in [4.69, 9.17) is 16.3 Å². The van der Waals surface area contributed by atoms with Crippen LogP contribution in [0.5, 0.6) is 11.8 Å². The van der Waals surface area contributed by atoms with E-state index in [1.54, 1.807) is 6.07 Å². The fraction of sp³-hybridized carbons (Fsp3) is 0. The number of carbonyl (C=O) groups is 1. The molecule has 1 N–H and O–H groups in total. The summed E-state index contributed by atoms with van der Waals surface area (Å²) in [5.41, 5.74) is 0.0544. The van der Waals surface area contributed by atoms with Crippen molar-refractivity contribution in [3.05, 3.63) is 81.4 Å². The van der Waals surface area contributed by atoms with E-state index < -0.39 is 16.6 Å². The first-order valence-electron chi connectivity index (χ1n) is 7.44. The predicted molar refractivity (Wildman–Crippen MR) is 94.6 cm³/mol. The largest absolute Gasteiger partial charge is 0.421 e. The third kappa shape index (κ3) is 4.33. The first-order valence-corrected chi connectivity index (χ1v) is 7.81. The Morgan fingerprint density at radius 1 is 1.19 bits per heavy atom. The number of nitro groups is 1. The van der Waals surface area contributed by atoms with Crippen LogP contribution in [0.4, 0.5) is 15.8 Å². The van der Waals surface area contributed by atoms with Gasteiger partial charge in [0.25, 0.3) is 11.6 Å². The van der Waals surface area contributed by atoms with Crippen molar-refractivity contribution in [2.24, 2.45) is 0 Å². The van der Waals surface area contributed by atoms with E-state index in [0.717, 1.165) is 6.07 Å². The first kappa shape index (κ1) is 18.2. The Bertz CT molecular complexity index is 1010. The fourth-order valence-electron chi connectivity index (χ4n) is 2.06. The van der Waals surface area contributed by atoms with Gasteiger partial charge in [-0.1, -0.05) is 23.7 Å². The summed E-state index contributed by atoms with van der Waals surface area (Å²) < 4.78 is 18.8. The number of nitro benzene ring substituents is 1. The van der Waals surface area contributed by atoms with E-state index >= 15 is 0 Å². The molecule has 0 atom stereocenters. The molecule has 3 rings (SSSR count). The Morgan fingerprint density at radius 2 is 1.89 bits per heavy atom. The second kappa shape index (κ2) is 7.75. The minimum atomic E-state index is -0.615. The molecule has 8 nitrogen and oxygen atoms in total. The summed E-state index contributed by atoms with van der Waals surface area (Å²) in [7, 11) is 0. The van der Waals surface area contributed by atoms with Gasteiger partial charge in [-0.2, -0.15) is 0 Å². The maximum Gasteiger partial charge on any atom is 0.322 e. The predicted octanol–water partition coefficient (Wildman–Crippen LogP) is 4.22. The van der Waals surface area contributed by atoms with Crippen molar-refractivity contribution in [1.82, 2.24) is 9.97 Å². The van der Waals surface area contributed by atoms with E-state index in [2.05, 4.69) is 15.3 Å². The molecule has 0 aliphatic rings. The van der Waals surface area contributed by atoms with Crippen LogP contribution in [-0.4, -0.2) is 20.8 Å². The van der Waals surface area contributed by atoms with Crippen LogP contribution in [0.25, 0.3) is 0 Å². The summed E-state index contributed by atoms with van der Waals surface area (Å²) >= 11 is 5.91. The number of non-ortho nitro benzene ring substituents is 1. The molecule has 1 amide bonds. The van der Waals surface area contributed by atoms with E-state index in [1.165, 1.54) is 42.7 Å². The molecule has 136 valence electrons. The highest BCUT2D eigenvalue weighted by molar-refractivity contribution is 6.34. The summed E-state index contributed by atoms with van der Waals surface area (Å²) in [5.74, 6) is -1.19. The molecule has 0 aliphatic heterocycles. The topological polar surface area (TPSA) is 107 Å². The van der Waals surface area contributed by atoms with Crippen LogP contribution in [0.1, 0.15) is 10.4 Å². The number of nitrogens with zero attached hydrogens (tertiary/aromatic N) is 3. The van der Waals surface area contributed by atoms with Crippen LogP contribution >= 0.6 is 11.6 Å². The van der Waals surface area contributed by atoms with E-state index in [-0.39, 0.29) is 33.7 Å². The number of benzene rings is 2. The van der Waals surface area contributed by atoms with Gasteiger partial charge in [-0.15, -0.1) is 0 Å². The standard InChI is InChI=1S/C17H10ClFN4O4/c18-13-7-11(23(25)26)5-6-12(13)16(24)22-10-8-20-17(21-9-10)27-15-4-2-1-3-14(15)19/h1-9H,(H,22,24). The minimum absolute atomic E-state index is 0.0352. The molecule has 0 bridgehead atoms. The number of aromatic nitrogens is 2. The lowest BCUT2D eigenvalue weighted by atomic mass is 10.2. The molecule has 0 aliphatic carbocycles. The molecule has 2 aromatic carbocycles. The Labute approximate surface area is 156 Å². The number of ether oxygens (including phenoxy) is 1. The van der Waals surface area contributed by atoms with Gasteiger partial charge in [-0.25, -0.2) is 14.4 Å². The monoisotopic (exact) mass is 388 g/mol. The van der Waals surface area contributed by atoms with Crippen LogP contribution in [-0.2, 0) is 0 Å². The Hall–Kier alpha value is -3.59. The Morgan fingerprint density at radius 3 is 2.52 bits per heavy atom. The average Bonchev–Trinajstić information content (AvgIpc) is 2.65. The minimum Gasteiger partial charge on any atom is -0.421 e. The lowest BCUT2D eigenvalue weighted by Gasteiger charge is -2.07. The summed E-state index contributed by atoms with van der Waals surface area (Å²) in [6, 6.07) is 9.16. The molecule has 0 radical (unpaired) electrons. The number of amides is 1. The number of hydrogen-bond acceptors (Lipinski definition) is 6. The van der Waals surface area contributed by atoms with Gasteiger partial charge in [0.2, 0.25) is 0 Å². The van der Waals surface area contributed by atoms with E-state index in [0.29, 0.717) is 0 Å². The van der Waals surface area contributed by atoms with Gasteiger partial charge in [0.15, 0.2) is 11.6 Å². The van der Waals surface area contributed by atoms with Crippen molar-refractivity contribution in [3.63, 3.8) is 0 Å². The van der Waals surface area contributed by atoms with Gasteiger partial charge in [-0.3, -0.25) is 14.9 Å². The maximum atomic E-state index is 13.5. The van der Waals surface area contributed by atoms with Gasteiger partial charge in [0.1, 0.15) is 0 Å². The molecule has 0 saturated carbocycles. The molecule has 3 aromatic rings. The highest BCUT2D eigenvalue weighted by Gasteiger charge is 2.15. The molecule has 1 heterocycles. The fourth-order valence-corrected chi connectivity index (χ4v) is 2.32. The molecule has 0 spiro atoms. The number of nitrogens with one attached hydrogen (secondary N) is 1. The number of carbonyl (C=O) groups excluding carboxylic acids is 1. The number of rotatable bonds is 5. The Kier molecular flexibility index (Phi) is 5.23. The smallest absolute Gasteiger partial charge is 0.322 e. The molecule has 0 unspecified atom stereocenters. The van der Waals surface area contributed by atoms with Crippen molar-refractivity contribution in [2.45, 2.75) is 0 Å². The van der Waals surface area contributed by atoms with Crippen LogP contribution in [0, 0.1) is 15.9 Å². The summed E-state index contributed by atoms with van der Waals surface area (Å²) in [6.45, 7) is 0.